The molecule has 0 saturated carbocycles. The van der Waals surface area contributed by atoms with Gasteiger partial charge in [0, 0.05) is 4.92 Å². The minimum Gasteiger partial charge on any atom is -0.493 e. The second-order valence-electron chi connectivity index (χ2n) is 4.34. The standard InChI is InChI=1S/C14H19NO6/c1-4-21-14(16)8-11(9-15(17)18)10-5-6-12(19-2)13(7-10)20-3/h5-7,11H,4,8-9H2,1-3H3. The van der Waals surface area contributed by atoms with Gasteiger partial charge in [-0.1, -0.05) is 6.07 Å². The van der Waals surface area contributed by atoms with Crippen molar-refractivity contribution in [2.75, 3.05) is 27.4 Å². The molecule has 1 atom stereocenters. The molecule has 0 aliphatic heterocycles. The number of benzene rings is 1. The Balaban J connectivity index is 3.01. The van der Waals surface area contributed by atoms with Crippen LogP contribution in [0.15, 0.2) is 18.2 Å². The summed E-state index contributed by atoms with van der Waals surface area (Å²) in [5.74, 6) is -0.0394. The number of nitro groups is 1. The van der Waals surface area contributed by atoms with Crippen molar-refractivity contribution >= 4 is 5.97 Å². The second kappa shape index (κ2) is 8.08. The van der Waals surface area contributed by atoms with Crippen LogP contribution < -0.4 is 9.47 Å². The van der Waals surface area contributed by atoms with Crippen LogP contribution in [0.2, 0.25) is 0 Å². The van der Waals surface area contributed by atoms with Crippen LogP contribution in [-0.4, -0.2) is 38.3 Å². The lowest BCUT2D eigenvalue weighted by Gasteiger charge is -2.15. The highest BCUT2D eigenvalue weighted by Gasteiger charge is 2.23. The molecule has 0 aliphatic carbocycles. The molecule has 0 amide bonds. The van der Waals surface area contributed by atoms with E-state index in [-0.39, 0.29) is 19.6 Å². The Morgan fingerprint density at radius 1 is 1.29 bits per heavy atom. The van der Waals surface area contributed by atoms with E-state index >= 15 is 0 Å². The number of carbonyl (C=O) groups is 1. The van der Waals surface area contributed by atoms with E-state index in [1.54, 1.807) is 25.1 Å². The third-order valence-corrected chi connectivity index (χ3v) is 2.97. The summed E-state index contributed by atoms with van der Waals surface area (Å²) in [6.45, 7) is 1.58. The normalized spacial score (nSPS) is 11.6. The Bertz CT molecular complexity index is 502. The number of hydrogen-bond donors (Lipinski definition) is 0. The highest BCUT2D eigenvalue weighted by atomic mass is 16.6. The van der Waals surface area contributed by atoms with E-state index in [9.17, 15) is 14.9 Å². The van der Waals surface area contributed by atoms with Crippen molar-refractivity contribution in [1.82, 2.24) is 0 Å². The first-order valence-electron chi connectivity index (χ1n) is 6.51. The molecule has 116 valence electrons. The van der Waals surface area contributed by atoms with Gasteiger partial charge in [-0.25, -0.2) is 0 Å². The maximum atomic E-state index is 11.6. The van der Waals surface area contributed by atoms with Crippen LogP contribution in [0, 0.1) is 10.1 Å². The van der Waals surface area contributed by atoms with Crippen LogP contribution in [-0.2, 0) is 9.53 Å². The molecule has 0 saturated heterocycles. The molecule has 0 bridgehead atoms. The molecule has 0 heterocycles. The molecule has 0 fully saturated rings. The van der Waals surface area contributed by atoms with Crippen molar-refractivity contribution in [1.29, 1.82) is 0 Å². The topological polar surface area (TPSA) is 87.9 Å². The molecule has 1 rings (SSSR count). The first-order chi connectivity index (χ1) is 10.0. The molecule has 21 heavy (non-hydrogen) atoms. The number of methoxy groups -OCH3 is 2. The molecule has 0 radical (unpaired) electrons. The van der Waals surface area contributed by atoms with Crippen molar-refractivity contribution in [3.05, 3.63) is 33.9 Å². The average Bonchev–Trinajstić information content (AvgIpc) is 2.45. The van der Waals surface area contributed by atoms with E-state index in [1.807, 2.05) is 0 Å². The van der Waals surface area contributed by atoms with Gasteiger partial charge in [0.1, 0.15) is 0 Å². The van der Waals surface area contributed by atoms with Gasteiger partial charge < -0.3 is 14.2 Å². The third-order valence-electron chi connectivity index (χ3n) is 2.97. The van der Waals surface area contributed by atoms with Gasteiger partial charge in [-0.2, -0.15) is 0 Å². The molecular weight excluding hydrogens is 278 g/mol. The molecule has 7 heteroatoms. The fourth-order valence-corrected chi connectivity index (χ4v) is 2.00. The van der Waals surface area contributed by atoms with Crippen LogP contribution in [0.5, 0.6) is 11.5 Å². The number of carbonyl (C=O) groups excluding carboxylic acids is 1. The first kappa shape index (κ1) is 16.7. The van der Waals surface area contributed by atoms with Crippen LogP contribution in [0.1, 0.15) is 24.8 Å². The van der Waals surface area contributed by atoms with Crippen LogP contribution >= 0.6 is 0 Å². The molecule has 0 aliphatic rings. The number of ether oxygens (including phenoxy) is 3. The van der Waals surface area contributed by atoms with E-state index < -0.39 is 16.8 Å². The molecule has 0 N–H and O–H groups in total. The highest BCUT2D eigenvalue weighted by molar-refractivity contribution is 5.70. The fraction of sp³-hybridized carbons (Fsp3) is 0.500. The molecule has 1 aromatic rings. The Morgan fingerprint density at radius 3 is 2.48 bits per heavy atom. The minimum atomic E-state index is -0.571. The van der Waals surface area contributed by atoms with Gasteiger partial charge >= 0.3 is 5.97 Å². The van der Waals surface area contributed by atoms with Crippen molar-refractivity contribution in [2.24, 2.45) is 0 Å². The summed E-state index contributed by atoms with van der Waals surface area (Å²) in [6, 6.07) is 4.99. The molecular formula is C14H19NO6. The maximum Gasteiger partial charge on any atom is 0.306 e. The van der Waals surface area contributed by atoms with Gasteiger partial charge in [-0.3, -0.25) is 14.9 Å². The van der Waals surface area contributed by atoms with Gasteiger partial charge in [-0.15, -0.1) is 0 Å². The summed E-state index contributed by atoms with van der Waals surface area (Å²) in [5, 5.41) is 10.8. The molecule has 1 unspecified atom stereocenters. The monoisotopic (exact) mass is 297 g/mol. The Kier molecular flexibility index (Phi) is 6.45. The summed E-state index contributed by atoms with van der Waals surface area (Å²) in [4.78, 5) is 21.9. The zero-order chi connectivity index (χ0) is 15.8. The highest BCUT2D eigenvalue weighted by Crippen LogP contribution is 2.32. The zero-order valence-corrected chi connectivity index (χ0v) is 12.3. The quantitative estimate of drug-likeness (QED) is 0.414. The average molecular weight is 297 g/mol. The number of hydrogen-bond acceptors (Lipinski definition) is 6. The van der Waals surface area contributed by atoms with E-state index in [0.717, 1.165) is 0 Å². The van der Waals surface area contributed by atoms with Crippen molar-refractivity contribution < 1.29 is 23.9 Å². The van der Waals surface area contributed by atoms with Gasteiger partial charge in [0.2, 0.25) is 6.54 Å². The molecule has 0 spiro atoms. The molecule has 0 aromatic heterocycles. The van der Waals surface area contributed by atoms with Crippen LogP contribution in [0.4, 0.5) is 0 Å². The summed E-state index contributed by atoms with van der Waals surface area (Å²) < 4.78 is 15.2. The number of esters is 1. The van der Waals surface area contributed by atoms with E-state index in [2.05, 4.69) is 0 Å². The lowest BCUT2D eigenvalue weighted by Crippen LogP contribution is -2.18. The van der Waals surface area contributed by atoms with Crippen molar-refractivity contribution in [3.8, 4) is 11.5 Å². The predicted molar refractivity (Wildman–Crippen MR) is 75.4 cm³/mol. The number of nitrogens with zero attached hydrogens (tertiary/aromatic N) is 1. The Labute approximate surface area is 123 Å². The van der Waals surface area contributed by atoms with Gasteiger partial charge in [0.15, 0.2) is 11.5 Å². The lowest BCUT2D eigenvalue weighted by atomic mass is 9.95. The van der Waals surface area contributed by atoms with E-state index in [0.29, 0.717) is 17.1 Å². The summed E-state index contributed by atoms with van der Waals surface area (Å²) in [7, 11) is 2.99. The third kappa shape index (κ3) is 4.94. The molecule has 7 nitrogen and oxygen atoms in total. The van der Waals surface area contributed by atoms with Crippen molar-refractivity contribution in [3.63, 3.8) is 0 Å². The van der Waals surface area contributed by atoms with E-state index in [4.69, 9.17) is 14.2 Å². The van der Waals surface area contributed by atoms with Gasteiger partial charge in [0.05, 0.1) is 33.2 Å². The summed E-state index contributed by atoms with van der Waals surface area (Å²) in [6.07, 6.45) is -0.0513. The molecule has 1 aromatic carbocycles. The SMILES string of the molecule is CCOC(=O)CC(C[N+](=O)[O-])c1ccc(OC)c(OC)c1. The second-order valence-corrected chi connectivity index (χ2v) is 4.34. The largest absolute Gasteiger partial charge is 0.493 e. The summed E-state index contributed by atoms with van der Waals surface area (Å²) >= 11 is 0. The Hall–Kier alpha value is -2.31. The fourth-order valence-electron chi connectivity index (χ4n) is 2.00. The smallest absolute Gasteiger partial charge is 0.306 e. The lowest BCUT2D eigenvalue weighted by molar-refractivity contribution is -0.483. The minimum absolute atomic E-state index is 0.0513. The number of rotatable bonds is 8. The zero-order valence-electron chi connectivity index (χ0n) is 12.3. The summed E-state index contributed by atoms with van der Waals surface area (Å²) in [5.41, 5.74) is 0.636. The Morgan fingerprint density at radius 2 is 1.95 bits per heavy atom. The van der Waals surface area contributed by atoms with Crippen LogP contribution in [0.25, 0.3) is 0 Å². The predicted octanol–water partition coefficient (Wildman–Crippen LogP) is 2.02. The van der Waals surface area contributed by atoms with E-state index in [1.165, 1.54) is 14.2 Å². The van der Waals surface area contributed by atoms with Gasteiger partial charge in [0.25, 0.3) is 0 Å². The van der Waals surface area contributed by atoms with Crippen LogP contribution in [0.3, 0.4) is 0 Å². The van der Waals surface area contributed by atoms with Gasteiger partial charge in [-0.05, 0) is 24.6 Å². The first-order valence-corrected chi connectivity index (χ1v) is 6.51. The van der Waals surface area contributed by atoms with Crippen molar-refractivity contribution in [2.45, 2.75) is 19.3 Å². The maximum absolute atomic E-state index is 11.6.